The number of aryl methyl sites for hydroxylation is 2. The summed E-state index contributed by atoms with van der Waals surface area (Å²) in [4.78, 5) is 8.87. The SMILES string of the molecule is Cc1ccc2oc(/C=C/c3nc4cc(C)ccc4o3)nc2c1. The van der Waals surface area contributed by atoms with E-state index in [0.717, 1.165) is 33.3 Å². The van der Waals surface area contributed by atoms with Gasteiger partial charge in [0.25, 0.3) is 0 Å². The maximum absolute atomic E-state index is 5.67. The summed E-state index contributed by atoms with van der Waals surface area (Å²) in [6.45, 7) is 4.06. The second-order valence-corrected chi connectivity index (χ2v) is 5.38. The molecule has 0 N–H and O–H groups in total. The van der Waals surface area contributed by atoms with Crippen LogP contribution in [-0.4, -0.2) is 9.97 Å². The lowest BCUT2D eigenvalue weighted by molar-refractivity contribution is 0.583. The monoisotopic (exact) mass is 290 g/mol. The molecule has 0 saturated heterocycles. The van der Waals surface area contributed by atoms with Crippen LogP contribution in [0, 0.1) is 13.8 Å². The third-order valence-electron chi connectivity index (χ3n) is 3.49. The lowest BCUT2D eigenvalue weighted by Gasteiger charge is -1.87. The number of nitrogens with zero attached hydrogens (tertiary/aromatic N) is 2. The number of aromatic nitrogens is 2. The van der Waals surface area contributed by atoms with E-state index in [1.54, 1.807) is 12.2 Å². The first-order chi connectivity index (χ1) is 10.7. The van der Waals surface area contributed by atoms with Gasteiger partial charge in [0.1, 0.15) is 11.0 Å². The molecule has 0 spiro atoms. The van der Waals surface area contributed by atoms with Gasteiger partial charge in [0.05, 0.1) is 0 Å². The highest BCUT2D eigenvalue weighted by Gasteiger charge is 2.05. The maximum Gasteiger partial charge on any atom is 0.220 e. The number of hydrogen-bond acceptors (Lipinski definition) is 4. The minimum atomic E-state index is 0.541. The van der Waals surface area contributed by atoms with Crippen molar-refractivity contribution in [3.8, 4) is 0 Å². The molecule has 0 aliphatic rings. The second-order valence-electron chi connectivity index (χ2n) is 5.38. The molecule has 0 radical (unpaired) electrons. The zero-order valence-corrected chi connectivity index (χ0v) is 12.3. The lowest BCUT2D eigenvalue weighted by Crippen LogP contribution is -1.73. The fourth-order valence-corrected chi connectivity index (χ4v) is 2.40. The third kappa shape index (κ3) is 2.29. The van der Waals surface area contributed by atoms with Gasteiger partial charge in [0, 0.05) is 12.2 Å². The first-order valence-corrected chi connectivity index (χ1v) is 7.10. The van der Waals surface area contributed by atoms with Gasteiger partial charge in [-0.05, 0) is 49.2 Å². The second kappa shape index (κ2) is 4.84. The number of oxazole rings is 2. The molecule has 0 amide bonds. The van der Waals surface area contributed by atoms with Crippen molar-refractivity contribution in [2.24, 2.45) is 0 Å². The molecule has 4 nitrogen and oxygen atoms in total. The molecule has 2 aromatic carbocycles. The molecule has 0 aliphatic carbocycles. The Morgan fingerprint density at radius 3 is 1.64 bits per heavy atom. The molecule has 0 bridgehead atoms. The van der Waals surface area contributed by atoms with Crippen molar-refractivity contribution in [3.63, 3.8) is 0 Å². The average Bonchev–Trinajstić information content (AvgIpc) is 3.07. The molecule has 108 valence electrons. The first-order valence-electron chi connectivity index (χ1n) is 7.10. The Kier molecular flexibility index (Phi) is 2.82. The summed E-state index contributed by atoms with van der Waals surface area (Å²) in [6, 6.07) is 11.9. The molecule has 0 saturated carbocycles. The van der Waals surface area contributed by atoms with E-state index in [1.807, 2.05) is 50.2 Å². The first kappa shape index (κ1) is 12.8. The fourth-order valence-electron chi connectivity index (χ4n) is 2.40. The smallest absolute Gasteiger partial charge is 0.220 e. The van der Waals surface area contributed by atoms with Crippen molar-refractivity contribution in [1.82, 2.24) is 9.97 Å². The zero-order valence-electron chi connectivity index (χ0n) is 12.3. The summed E-state index contributed by atoms with van der Waals surface area (Å²) in [5.74, 6) is 1.08. The van der Waals surface area contributed by atoms with Crippen LogP contribution in [0.3, 0.4) is 0 Å². The van der Waals surface area contributed by atoms with Crippen LogP contribution in [0.4, 0.5) is 0 Å². The van der Waals surface area contributed by atoms with Gasteiger partial charge in [-0.2, -0.15) is 0 Å². The zero-order chi connectivity index (χ0) is 15.1. The normalized spacial score (nSPS) is 11.9. The van der Waals surface area contributed by atoms with Crippen LogP contribution in [-0.2, 0) is 0 Å². The largest absolute Gasteiger partial charge is 0.437 e. The van der Waals surface area contributed by atoms with E-state index in [9.17, 15) is 0 Å². The maximum atomic E-state index is 5.67. The molecule has 2 aromatic heterocycles. The molecule has 22 heavy (non-hydrogen) atoms. The van der Waals surface area contributed by atoms with Crippen LogP contribution in [0.2, 0.25) is 0 Å². The van der Waals surface area contributed by atoms with E-state index in [4.69, 9.17) is 8.83 Å². The van der Waals surface area contributed by atoms with Crippen LogP contribution in [0.15, 0.2) is 45.2 Å². The van der Waals surface area contributed by atoms with Crippen LogP contribution < -0.4 is 0 Å². The van der Waals surface area contributed by atoms with Crippen molar-refractivity contribution >= 4 is 34.4 Å². The molecule has 0 atom stereocenters. The van der Waals surface area contributed by atoms with E-state index in [2.05, 4.69) is 9.97 Å². The van der Waals surface area contributed by atoms with E-state index >= 15 is 0 Å². The standard InChI is InChI=1S/C18H14N2O2/c1-11-3-5-15-13(9-11)19-17(21-15)7-8-18-20-14-10-12(2)4-6-16(14)22-18/h3-10H,1-2H3/b8-7+. The van der Waals surface area contributed by atoms with Gasteiger partial charge < -0.3 is 8.83 Å². The van der Waals surface area contributed by atoms with Gasteiger partial charge in [-0.25, -0.2) is 9.97 Å². The summed E-state index contributed by atoms with van der Waals surface area (Å²) in [6.07, 6.45) is 3.54. The highest BCUT2D eigenvalue weighted by Crippen LogP contribution is 2.20. The van der Waals surface area contributed by atoms with Gasteiger partial charge in [-0.3, -0.25) is 0 Å². The quantitative estimate of drug-likeness (QED) is 0.534. The molecule has 4 heteroatoms. The van der Waals surface area contributed by atoms with Crippen molar-refractivity contribution in [1.29, 1.82) is 0 Å². The van der Waals surface area contributed by atoms with Crippen LogP contribution in [0.25, 0.3) is 34.4 Å². The summed E-state index contributed by atoms with van der Waals surface area (Å²) in [5.41, 5.74) is 5.58. The molecule has 0 unspecified atom stereocenters. The Labute approximate surface area is 127 Å². The van der Waals surface area contributed by atoms with Gasteiger partial charge >= 0.3 is 0 Å². The molecule has 4 aromatic rings. The average molecular weight is 290 g/mol. The fraction of sp³-hybridized carbons (Fsp3) is 0.111. The highest BCUT2D eigenvalue weighted by molar-refractivity contribution is 5.78. The molecular weight excluding hydrogens is 276 g/mol. The van der Waals surface area contributed by atoms with Gasteiger partial charge in [-0.15, -0.1) is 0 Å². The Morgan fingerprint density at radius 1 is 0.727 bits per heavy atom. The van der Waals surface area contributed by atoms with Crippen LogP contribution >= 0.6 is 0 Å². The molecule has 0 aliphatic heterocycles. The Morgan fingerprint density at radius 2 is 1.18 bits per heavy atom. The summed E-state index contributed by atoms with van der Waals surface area (Å²) >= 11 is 0. The lowest BCUT2D eigenvalue weighted by atomic mass is 10.2. The van der Waals surface area contributed by atoms with Gasteiger partial charge in [0.2, 0.25) is 11.8 Å². The number of fused-ring (bicyclic) bond motifs is 2. The van der Waals surface area contributed by atoms with Gasteiger partial charge in [-0.1, -0.05) is 12.1 Å². The van der Waals surface area contributed by atoms with E-state index in [1.165, 1.54) is 0 Å². The minimum absolute atomic E-state index is 0.541. The van der Waals surface area contributed by atoms with E-state index < -0.39 is 0 Å². The van der Waals surface area contributed by atoms with Crippen molar-refractivity contribution < 1.29 is 8.83 Å². The van der Waals surface area contributed by atoms with Crippen molar-refractivity contribution in [2.75, 3.05) is 0 Å². The molecule has 0 fully saturated rings. The van der Waals surface area contributed by atoms with Crippen molar-refractivity contribution in [2.45, 2.75) is 13.8 Å². The van der Waals surface area contributed by atoms with Crippen LogP contribution in [0.5, 0.6) is 0 Å². The Balaban J connectivity index is 1.68. The minimum Gasteiger partial charge on any atom is -0.437 e. The summed E-state index contributed by atoms with van der Waals surface area (Å²) < 4.78 is 11.3. The third-order valence-corrected chi connectivity index (χ3v) is 3.49. The van der Waals surface area contributed by atoms with Gasteiger partial charge in [0.15, 0.2) is 11.2 Å². The number of hydrogen-bond donors (Lipinski definition) is 0. The topological polar surface area (TPSA) is 52.1 Å². The molecule has 4 rings (SSSR count). The predicted octanol–water partition coefficient (Wildman–Crippen LogP) is 4.76. The van der Waals surface area contributed by atoms with E-state index in [0.29, 0.717) is 11.8 Å². The molecular formula is C18H14N2O2. The number of rotatable bonds is 2. The molecule has 2 heterocycles. The highest BCUT2D eigenvalue weighted by atomic mass is 16.4. The predicted molar refractivity (Wildman–Crippen MR) is 86.4 cm³/mol. The number of benzene rings is 2. The van der Waals surface area contributed by atoms with E-state index in [-0.39, 0.29) is 0 Å². The Bertz CT molecular complexity index is 926. The van der Waals surface area contributed by atoms with Crippen molar-refractivity contribution in [3.05, 3.63) is 59.3 Å². The Hall–Kier alpha value is -2.88. The van der Waals surface area contributed by atoms with Crippen LogP contribution in [0.1, 0.15) is 22.9 Å². The summed E-state index contributed by atoms with van der Waals surface area (Å²) in [7, 11) is 0. The summed E-state index contributed by atoms with van der Waals surface area (Å²) in [5, 5.41) is 0.